The van der Waals surface area contributed by atoms with Crippen molar-refractivity contribution in [1.29, 1.82) is 0 Å². The summed E-state index contributed by atoms with van der Waals surface area (Å²) in [6.45, 7) is 9.58. The maximum Gasteiger partial charge on any atom is 0.219 e. The number of nitrogens with one attached hydrogen (secondary N) is 1. The van der Waals surface area contributed by atoms with E-state index in [1.807, 2.05) is 18.5 Å². The molecule has 6 nitrogen and oxygen atoms in total. The van der Waals surface area contributed by atoms with Crippen molar-refractivity contribution in [3.05, 3.63) is 12.2 Å². The predicted octanol–water partition coefficient (Wildman–Crippen LogP) is 0.678. The Labute approximate surface area is 108 Å². The van der Waals surface area contributed by atoms with Crippen LogP contribution >= 0.6 is 0 Å². The van der Waals surface area contributed by atoms with E-state index in [9.17, 15) is 4.79 Å². The second-order valence-corrected chi connectivity index (χ2v) is 5.63. The summed E-state index contributed by atoms with van der Waals surface area (Å²) in [6.07, 6.45) is 1.85. The molecule has 6 heteroatoms. The van der Waals surface area contributed by atoms with E-state index in [0.717, 1.165) is 12.4 Å². The first kappa shape index (κ1) is 14.6. The Balaban J connectivity index is 2.58. The number of carbonyl (C=O) groups is 1. The lowest BCUT2D eigenvalue weighted by molar-refractivity contribution is -0.119. The highest BCUT2D eigenvalue weighted by atomic mass is 16.1. The minimum Gasteiger partial charge on any atom is -0.370 e. The van der Waals surface area contributed by atoms with Gasteiger partial charge >= 0.3 is 0 Å². The Hall–Kier alpha value is -1.43. The molecule has 0 aliphatic heterocycles. The maximum absolute atomic E-state index is 10.9. The fourth-order valence-corrected chi connectivity index (χ4v) is 1.74. The Morgan fingerprint density at radius 3 is 2.78 bits per heavy atom. The molecule has 0 saturated carbocycles. The molecule has 1 heterocycles. The summed E-state index contributed by atoms with van der Waals surface area (Å²) in [5, 5.41) is 7.47. The third kappa shape index (κ3) is 4.83. The highest BCUT2D eigenvalue weighted by molar-refractivity contribution is 5.74. The molecule has 3 N–H and O–H groups in total. The van der Waals surface area contributed by atoms with Gasteiger partial charge < -0.3 is 11.1 Å². The second kappa shape index (κ2) is 5.95. The fourth-order valence-electron chi connectivity index (χ4n) is 1.74. The Morgan fingerprint density at radius 1 is 1.56 bits per heavy atom. The summed E-state index contributed by atoms with van der Waals surface area (Å²) >= 11 is 0. The van der Waals surface area contributed by atoms with Gasteiger partial charge in [-0.3, -0.25) is 4.79 Å². The van der Waals surface area contributed by atoms with Gasteiger partial charge in [-0.1, -0.05) is 13.8 Å². The summed E-state index contributed by atoms with van der Waals surface area (Å²) in [5.74, 6) is 1.08. The van der Waals surface area contributed by atoms with Crippen LogP contribution in [0, 0.1) is 5.92 Å². The number of rotatable bonds is 7. The largest absolute Gasteiger partial charge is 0.370 e. The molecule has 0 aliphatic rings. The van der Waals surface area contributed by atoms with Crippen LogP contribution in [0.5, 0.6) is 0 Å². The lowest BCUT2D eigenvalue weighted by Gasteiger charge is -2.24. The van der Waals surface area contributed by atoms with E-state index in [1.54, 1.807) is 6.33 Å². The molecule has 0 radical (unpaired) electrons. The van der Waals surface area contributed by atoms with Gasteiger partial charge in [0, 0.05) is 18.5 Å². The van der Waals surface area contributed by atoms with Crippen LogP contribution in [0.15, 0.2) is 6.33 Å². The van der Waals surface area contributed by atoms with Crippen LogP contribution in [0.2, 0.25) is 0 Å². The van der Waals surface area contributed by atoms with Crippen molar-refractivity contribution in [2.75, 3.05) is 0 Å². The fraction of sp³-hybridized carbons (Fsp3) is 0.750. The van der Waals surface area contributed by atoms with E-state index in [2.05, 4.69) is 29.2 Å². The standard InChI is InChI=1S/C12H23N5O/c1-9(2)7-17-11(14-8-16-17)6-15-12(3,4)5-10(13)18/h8-9,15H,5-7H2,1-4H3,(H2,13,18). The highest BCUT2D eigenvalue weighted by Gasteiger charge is 2.20. The minimum atomic E-state index is -0.333. The summed E-state index contributed by atoms with van der Waals surface area (Å²) in [6, 6.07) is 0. The third-order valence-corrected chi connectivity index (χ3v) is 2.58. The van der Waals surface area contributed by atoms with Crippen LogP contribution in [-0.2, 0) is 17.9 Å². The monoisotopic (exact) mass is 253 g/mol. The topological polar surface area (TPSA) is 85.8 Å². The van der Waals surface area contributed by atoms with Crippen molar-refractivity contribution in [1.82, 2.24) is 20.1 Å². The lowest BCUT2D eigenvalue weighted by atomic mass is 10.0. The second-order valence-electron chi connectivity index (χ2n) is 5.63. The molecule has 0 fully saturated rings. The van der Waals surface area contributed by atoms with Crippen LogP contribution in [0.25, 0.3) is 0 Å². The van der Waals surface area contributed by atoms with Crippen molar-refractivity contribution in [2.24, 2.45) is 11.7 Å². The first-order valence-electron chi connectivity index (χ1n) is 6.20. The molecule has 1 aromatic rings. The molecule has 1 aromatic heterocycles. The summed E-state index contributed by atoms with van der Waals surface area (Å²) in [7, 11) is 0. The van der Waals surface area contributed by atoms with Crippen molar-refractivity contribution in [2.45, 2.75) is 52.7 Å². The number of hydrogen-bond acceptors (Lipinski definition) is 4. The maximum atomic E-state index is 10.9. The number of hydrogen-bond donors (Lipinski definition) is 2. The zero-order valence-electron chi connectivity index (χ0n) is 11.6. The zero-order chi connectivity index (χ0) is 13.8. The predicted molar refractivity (Wildman–Crippen MR) is 69.6 cm³/mol. The molecular formula is C12H23N5O. The van der Waals surface area contributed by atoms with Crippen LogP contribution in [0.1, 0.15) is 39.9 Å². The molecule has 1 amide bonds. The van der Waals surface area contributed by atoms with Crippen LogP contribution in [-0.4, -0.2) is 26.2 Å². The number of nitrogens with zero attached hydrogens (tertiary/aromatic N) is 3. The summed E-state index contributed by atoms with van der Waals surface area (Å²) < 4.78 is 1.89. The molecule has 0 unspecified atom stereocenters. The molecule has 0 saturated heterocycles. The first-order valence-corrected chi connectivity index (χ1v) is 6.20. The molecule has 102 valence electrons. The SMILES string of the molecule is CC(C)Cn1ncnc1CNC(C)(C)CC(N)=O. The van der Waals surface area contributed by atoms with Gasteiger partial charge in [-0.2, -0.15) is 5.10 Å². The Morgan fingerprint density at radius 2 is 2.22 bits per heavy atom. The van der Waals surface area contributed by atoms with Gasteiger partial charge in [-0.15, -0.1) is 0 Å². The normalized spacial score (nSPS) is 12.1. The molecule has 0 aliphatic carbocycles. The molecule has 18 heavy (non-hydrogen) atoms. The van der Waals surface area contributed by atoms with Crippen molar-refractivity contribution < 1.29 is 4.79 Å². The molecule has 0 bridgehead atoms. The van der Waals surface area contributed by atoms with Gasteiger partial charge in [0.05, 0.1) is 6.54 Å². The van der Waals surface area contributed by atoms with Crippen LogP contribution in [0.4, 0.5) is 0 Å². The molecule has 1 rings (SSSR count). The van der Waals surface area contributed by atoms with Crippen molar-refractivity contribution in [3.8, 4) is 0 Å². The Kier molecular flexibility index (Phi) is 4.84. The van der Waals surface area contributed by atoms with Gasteiger partial charge in [0.2, 0.25) is 5.91 Å². The van der Waals surface area contributed by atoms with Gasteiger partial charge in [0.15, 0.2) is 0 Å². The highest BCUT2D eigenvalue weighted by Crippen LogP contribution is 2.09. The average molecular weight is 253 g/mol. The zero-order valence-corrected chi connectivity index (χ0v) is 11.6. The van der Waals surface area contributed by atoms with Gasteiger partial charge in [0.25, 0.3) is 0 Å². The van der Waals surface area contributed by atoms with Crippen LogP contribution in [0.3, 0.4) is 0 Å². The van der Waals surface area contributed by atoms with E-state index >= 15 is 0 Å². The third-order valence-electron chi connectivity index (χ3n) is 2.58. The van der Waals surface area contributed by atoms with Gasteiger partial charge in [0.1, 0.15) is 12.2 Å². The Bertz CT molecular complexity index is 397. The van der Waals surface area contributed by atoms with E-state index in [4.69, 9.17) is 5.73 Å². The molecule has 0 spiro atoms. The van der Waals surface area contributed by atoms with Crippen LogP contribution < -0.4 is 11.1 Å². The quantitative estimate of drug-likeness (QED) is 0.748. The number of nitrogens with two attached hydrogens (primary N) is 1. The molecular weight excluding hydrogens is 230 g/mol. The average Bonchev–Trinajstić information content (AvgIpc) is 2.59. The number of aromatic nitrogens is 3. The molecule has 0 aromatic carbocycles. The van der Waals surface area contributed by atoms with E-state index in [0.29, 0.717) is 18.9 Å². The minimum absolute atomic E-state index is 0.297. The first-order chi connectivity index (χ1) is 8.30. The van der Waals surface area contributed by atoms with Gasteiger partial charge in [-0.05, 0) is 19.8 Å². The van der Waals surface area contributed by atoms with E-state index in [-0.39, 0.29) is 11.4 Å². The lowest BCUT2D eigenvalue weighted by Crippen LogP contribution is -2.42. The summed E-state index contributed by atoms with van der Waals surface area (Å²) in [4.78, 5) is 15.2. The number of carbonyl (C=O) groups excluding carboxylic acids is 1. The van der Waals surface area contributed by atoms with Crippen molar-refractivity contribution in [3.63, 3.8) is 0 Å². The van der Waals surface area contributed by atoms with E-state index < -0.39 is 0 Å². The molecule has 0 atom stereocenters. The number of amides is 1. The van der Waals surface area contributed by atoms with Gasteiger partial charge in [-0.25, -0.2) is 9.67 Å². The summed E-state index contributed by atoms with van der Waals surface area (Å²) in [5.41, 5.74) is 4.88. The van der Waals surface area contributed by atoms with E-state index in [1.165, 1.54) is 0 Å². The smallest absolute Gasteiger partial charge is 0.219 e. The van der Waals surface area contributed by atoms with Crippen molar-refractivity contribution >= 4 is 5.91 Å². The number of primary amides is 1.